The van der Waals surface area contributed by atoms with Gasteiger partial charge in [-0.15, -0.1) is 6.58 Å². The zero-order valence-corrected chi connectivity index (χ0v) is 18.8. The van der Waals surface area contributed by atoms with Gasteiger partial charge < -0.3 is 4.57 Å². The van der Waals surface area contributed by atoms with Crippen molar-refractivity contribution in [3.63, 3.8) is 0 Å². The van der Waals surface area contributed by atoms with Crippen LogP contribution in [-0.4, -0.2) is 26.7 Å². The van der Waals surface area contributed by atoms with Crippen molar-refractivity contribution >= 4 is 29.0 Å². The third kappa shape index (κ3) is 3.97. The molecule has 0 N–H and O–H groups in total. The summed E-state index contributed by atoms with van der Waals surface area (Å²) in [5.74, 6) is -0.258. The third-order valence-corrected chi connectivity index (χ3v) is 6.20. The van der Waals surface area contributed by atoms with Crippen molar-refractivity contribution in [3.05, 3.63) is 70.4 Å². The highest BCUT2D eigenvalue weighted by Crippen LogP contribution is 2.35. The average Bonchev–Trinajstić information content (AvgIpc) is 3.09. The van der Waals surface area contributed by atoms with Crippen LogP contribution >= 0.6 is 11.8 Å². The number of carbonyl (C=O) groups is 2. The van der Waals surface area contributed by atoms with Crippen molar-refractivity contribution in [1.82, 2.24) is 9.47 Å². The average molecular weight is 409 g/mol. The first-order valence-corrected chi connectivity index (χ1v) is 10.6. The molecular weight excluding hydrogens is 380 g/mol. The molecule has 1 fully saturated rings. The molecule has 2 amide bonds. The Balaban J connectivity index is 1.96. The predicted molar refractivity (Wildman–Crippen MR) is 121 cm³/mol. The van der Waals surface area contributed by atoms with Crippen LogP contribution < -0.4 is 0 Å². The van der Waals surface area contributed by atoms with Crippen LogP contribution in [0.1, 0.15) is 50.2 Å². The second-order valence-corrected chi connectivity index (χ2v) is 9.48. The van der Waals surface area contributed by atoms with Crippen molar-refractivity contribution in [2.75, 3.05) is 0 Å². The molecule has 1 aromatic heterocycles. The van der Waals surface area contributed by atoms with E-state index < -0.39 is 0 Å². The van der Waals surface area contributed by atoms with Crippen LogP contribution in [0.15, 0.2) is 47.9 Å². The number of aromatic nitrogens is 1. The van der Waals surface area contributed by atoms with Gasteiger partial charge >= 0.3 is 0 Å². The fourth-order valence-corrected chi connectivity index (χ4v) is 4.43. The molecule has 0 saturated carbocycles. The molecule has 5 heteroatoms. The number of imide groups is 1. The van der Waals surface area contributed by atoms with Gasteiger partial charge in [-0.3, -0.25) is 14.5 Å². The van der Waals surface area contributed by atoms with Gasteiger partial charge in [0.25, 0.3) is 11.1 Å². The quantitative estimate of drug-likeness (QED) is 0.460. The van der Waals surface area contributed by atoms with Gasteiger partial charge in [0.1, 0.15) is 0 Å². The predicted octanol–water partition coefficient (Wildman–Crippen LogP) is 6.00. The summed E-state index contributed by atoms with van der Waals surface area (Å²) >= 11 is 0.986. The lowest BCUT2D eigenvalue weighted by Gasteiger charge is -2.20. The number of thioether (sulfide) groups is 1. The zero-order chi connectivity index (χ0) is 21.5. The molecular formula is C24H28N2O2S. The van der Waals surface area contributed by atoms with Crippen molar-refractivity contribution in [1.29, 1.82) is 0 Å². The molecule has 0 bridgehead atoms. The summed E-state index contributed by atoms with van der Waals surface area (Å²) in [5.41, 5.74) is 5.54. The lowest BCUT2D eigenvalue weighted by atomic mass is 9.87. The van der Waals surface area contributed by atoms with Crippen LogP contribution in [0.2, 0.25) is 0 Å². The Bertz CT molecular complexity index is 1010. The molecule has 0 unspecified atom stereocenters. The van der Waals surface area contributed by atoms with Gasteiger partial charge in [0.15, 0.2) is 0 Å². The van der Waals surface area contributed by atoms with E-state index in [1.165, 1.54) is 10.5 Å². The molecule has 1 atom stereocenters. The Hall–Kier alpha value is -2.53. The molecule has 2 heterocycles. The Kier molecular flexibility index (Phi) is 5.63. The van der Waals surface area contributed by atoms with Crippen LogP contribution in [0.4, 0.5) is 4.79 Å². The molecule has 0 radical (unpaired) electrons. The highest BCUT2D eigenvalue weighted by atomic mass is 32.2. The Morgan fingerprint density at radius 2 is 1.72 bits per heavy atom. The zero-order valence-electron chi connectivity index (χ0n) is 17.9. The Morgan fingerprint density at radius 1 is 1.10 bits per heavy atom. The second kappa shape index (κ2) is 7.71. The van der Waals surface area contributed by atoms with E-state index in [9.17, 15) is 9.59 Å². The topological polar surface area (TPSA) is 42.3 Å². The minimum absolute atomic E-state index is 0.107. The van der Waals surface area contributed by atoms with Gasteiger partial charge in [-0.05, 0) is 73.4 Å². The van der Waals surface area contributed by atoms with Crippen LogP contribution in [0.3, 0.4) is 0 Å². The molecule has 1 aliphatic heterocycles. The van der Waals surface area contributed by atoms with Crippen molar-refractivity contribution in [2.45, 2.75) is 53.0 Å². The molecule has 2 aromatic rings. The largest absolute Gasteiger partial charge is 0.318 e. The van der Waals surface area contributed by atoms with E-state index >= 15 is 0 Å². The van der Waals surface area contributed by atoms with E-state index in [2.05, 4.69) is 62.2 Å². The van der Waals surface area contributed by atoms with Crippen LogP contribution in [-0.2, 0) is 10.2 Å². The number of amides is 2. The normalized spacial score (nSPS) is 17.3. The number of aryl methyl sites for hydroxylation is 1. The van der Waals surface area contributed by atoms with E-state index in [1.807, 2.05) is 19.9 Å². The van der Waals surface area contributed by atoms with Crippen LogP contribution in [0, 0.1) is 13.8 Å². The maximum Gasteiger partial charge on any atom is 0.294 e. The molecule has 1 aromatic carbocycles. The summed E-state index contributed by atoms with van der Waals surface area (Å²) in [6.07, 6.45) is 3.43. The number of hydrogen-bond acceptors (Lipinski definition) is 3. The Labute approximate surface area is 177 Å². The lowest BCUT2D eigenvalue weighted by Crippen LogP contribution is -2.35. The lowest BCUT2D eigenvalue weighted by molar-refractivity contribution is -0.123. The van der Waals surface area contributed by atoms with Gasteiger partial charge in [0.2, 0.25) is 0 Å². The van der Waals surface area contributed by atoms with Crippen molar-refractivity contribution < 1.29 is 9.59 Å². The number of benzene rings is 1. The summed E-state index contributed by atoms with van der Waals surface area (Å²) in [6.45, 7) is 16.2. The number of nitrogens with zero attached hydrogens (tertiary/aromatic N) is 2. The SMILES string of the molecule is C=C[C@@H](C)N1C(=O)S/C(=C\c2cc(C)n(-c3ccc(C(C)(C)C)cc3)c2C)C1=O. The van der Waals surface area contributed by atoms with E-state index in [-0.39, 0.29) is 22.6 Å². The number of hydrogen-bond donors (Lipinski definition) is 0. The molecule has 1 saturated heterocycles. The second-order valence-electron chi connectivity index (χ2n) is 8.49. The van der Waals surface area contributed by atoms with Gasteiger partial charge in [0, 0.05) is 17.1 Å². The first-order chi connectivity index (χ1) is 13.5. The van der Waals surface area contributed by atoms with Crippen LogP contribution in [0.25, 0.3) is 11.8 Å². The van der Waals surface area contributed by atoms with Crippen molar-refractivity contribution in [3.8, 4) is 5.69 Å². The van der Waals surface area contributed by atoms with Gasteiger partial charge in [-0.1, -0.05) is 39.0 Å². The molecule has 4 nitrogen and oxygen atoms in total. The summed E-state index contributed by atoms with van der Waals surface area (Å²) in [7, 11) is 0. The smallest absolute Gasteiger partial charge is 0.294 e. The fraction of sp³-hybridized carbons (Fsp3) is 0.333. The van der Waals surface area contributed by atoms with Crippen LogP contribution in [0.5, 0.6) is 0 Å². The van der Waals surface area contributed by atoms with E-state index in [0.29, 0.717) is 4.91 Å². The highest BCUT2D eigenvalue weighted by molar-refractivity contribution is 8.18. The van der Waals surface area contributed by atoms with Crippen molar-refractivity contribution in [2.24, 2.45) is 0 Å². The summed E-state index contributed by atoms with van der Waals surface area (Å²) in [5, 5.41) is -0.250. The summed E-state index contributed by atoms with van der Waals surface area (Å²) in [6, 6.07) is 10.3. The molecule has 0 aliphatic carbocycles. The molecule has 1 aliphatic rings. The van der Waals surface area contributed by atoms with Gasteiger partial charge in [-0.2, -0.15) is 0 Å². The monoisotopic (exact) mass is 408 g/mol. The highest BCUT2D eigenvalue weighted by Gasteiger charge is 2.37. The number of rotatable bonds is 4. The Morgan fingerprint density at radius 3 is 2.28 bits per heavy atom. The molecule has 29 heavy (non-hydrogen) atoms. The minimum Gasteiger partial charge on any atom is -0.318 e. The van der Waals surface area contributed by atoms with Gasteiger partial charge in [-0.25, -0.2) is 0 Å². The first kappa shape index (κ1) is 21.2. The van der Waals surface area contributed by atoms with E-state index in [4.69, 9.17) is 0 Å². The molecule has 0 spiro atoms. The van der Waals surface area contributed by atoms with E-state index in [0.717, 1.165) is 34.4 Å². The summed E-state index contributed by atoms with van der Waals surface area (Å²) in [4.78, 5) is 26.6. The first-order valence-electron chi connectivity index (χ1n) is 9.74. The fourth-order valence-electron chi connectivity index (χ4n) is 3.52. The number of carbonyl (C=O) groups excluding carboxylic acids is 2. The van der Waals surface area contributed by atoms with E-state index in [1.54, 1.807) is 13.0 Å². The summed E-state index contributed by atoms with van der Waals surface area (Å²) < 4.78 is 2.18. The molecule has 152 valence electrons. The standard InChI is InChI=1S/C24H28N2O2S/c1-8-15(2)26-22(27)21(29-23(26)28)14-18-13-16(3)25(17(18)4)20-11-9-19(10-12-20)24(5,6)7/h8-15H,1H2,2-7H3/b21-14-/t15-/m1/s1. The maximum atomic E-state index is 12.7. The third-order valence-electron chi connectivity index (χ3n) is 5.32. The maximum absolute atomic E-state index is 12.7. The minimum atomic E-state index is -0.317. The van der Waals surface area contributed by atoms with Gasteiger partial charge in [0.05, 0.1) is 10.9 Å². The molecule has 3 rings (SSSR count).